The van der Waals surface area contributed by atoms with E-state index in [0.29, 0.717) is 18.2 Å². The second-order valence-corrected chi connectivity index (χ2v) is 3.93. The Bertz CT molecular complexity index is 289. The number of aliphatic imine (C=N–C) groups is 2. The van der Waals surface area contributed by atoms with E-state index < -0.39 is 0 Å². The van der Waals surface area contributed by atoms with E-state index in [1.54, 1.807) is 0 Å². The third-order valence-corrected chi connectivity index (χ3v) is 2.03. The lowest BCUT2D eigenvalue weighted by molar-refractivity contribution is -0.121. The van der Waals surface area contributed by atoms with Crippen molar-refractivity contribution in [2.24, 2.45) is 33.3 Å². The lowest BCUT2D eigenvalue weighted by atomic mass is 9.95. The molecule has 0 bridgehead atoms. The molecule has 1 amide bonds. The Hall–Kier alpha value is -1.39. The first-order valence-electron chi connectivity index (χ1n) is 4.70. The monoisotopic (exact) mass is 196 g/mol. The fourth-order valence-corrected chi connectivity index (χ4v) is 1.54. The molecule has 78 valence electrons. The molecule has 14 heavy (non-hydrogen) atoms. The quantitative estimate of drug-likeness (QED) is 0.489. The summed E-state index contributed by atoms with van der Waals surface area (Å²) >= 11 is 0. The molecule has 4 N–H and O–H groups in total. The van der Waals surface area contributed by atoms with Crippen LogP contribution in [0.1, 0.15) is 26.7 Å². The van der Waals surface area contributed by atoms with Gasteiger partial charge in [0.2, 0.25) is 0 Å². The summed E-state index contributed by atoms with van der Waals surface area (Å²) < 4.78 is 0. The predicted molar refractivity (Wildman–Crippen MR) is 55.8 cm³/mol. The van der Waals surface area contributed by atoms with E-state index in [1.165, 1.54) is 0 Å². The summed E-state index contributed by atoms with van der Waals surface area (Å²) in [6.07, 6.45) is 1.40. The Morgan fingerprint density at radius 3 is 2.79 bits per heavy atom. The number of nitrogens with two attached hydrogens (primary N) is 2. The van der Waals surface area contributed by atoms with Gasteiger partial charge in [0.05, 0.1) is 0 Å². The maximum atomic E-state index is 11.4. The van der Waals surface area contributed by atoms with Gasteiger partial charge in [-0.2, -0.15) is 4.99 Å². The van der Waals surface area contributed by atoms with Crippen molar-refractivity contribution >= 4 is 17.7 Å². The molecule has 1 aliphatic rings. The molecule has 0 spiro atoms. The van der Waals surface area contributed by atoms with Crippen LogP contribution >= 0.6 is 0 Å². The normalized spacial score (nSPS) is 21.2. The van der Waals surface area contributed by atoms with Crippen molar-refractivity contribution in [3.8, 4) is 0 Å². The maximum absolute atomic E-state index is 11.4. The lowest BCUT2D eigenvalue weighted by Crippen LogP contribution is -2.24. The average Bonchev–Trinajstić information content (AvgIpc) is 2.28. The van der Waals surface area contributed by atoms with E-state index in [9.17, 15) is 4.79 Å². The SMILES string of the molecule is CC(C)C[C@H]1CC(N=C(N)N)=NC1=O. The average molecular weight is 196 g/mol. The number of amidine groups is 1. The van der Waals surface area contributed by atoms with Crippen molar-refractivity contribution in [1.82, 2.24) is 0 Å². The fraction of sp³-hybridized carbons (Fsp3) is 0.667. The Morgan fingerprint density at radius 2 is 2.29 bits per heavy atom. The summed E-state index contributed by atoms with van der Waals surface area (Å²) in [4.78, 5) is 18.9. The molecule has 0 saturated carbocycles. The third kappa shape index (κ3) is 2.83. The largest absolute Gasteiger partial charge is 0.370 e. The molecule has 1 rings (SSSR count). The van der Waals surface area contributed by atoms with E-state index in [1.807, 2.05) is 0 Å². The van der Waals surface area contributed by atoms with Crippen LogP contribution in [0.25, 0.3) is 0 Å². The second kappa shape index (κ2) is 4.21. The molecule has 0 aromatic carbocycles. The summed E-state index contributed by atoms with van der Waals surface area (Å²) in [5.41, 5.74) is 10.4. The zero-order chi connectivity index (χ0) is 10.7. The lowest BCUT2D eigenvalue weighted by Gasteiger charge is -2.08. The van der Waals surface area contributed by atoms with Crippen LogP contribution in [0.2, 0.25) is 0 Å². The fourth-order valence-electron chi connectivity index (χ4n) is 1.54. The number of carbonyl (C=O) groups excluding carboxylic acids is 1. The van der Waals surface area contributed by atoms with Gasteiger partial charge < -0.3 is 11.5 Å². The topological polar surface area (TPSA) is 93.8 Å². The van der Waals surface area contributed by atoms with Crippen LogP contribution in [0.3, 0.4) is 0 Å². The van der Waals surface area contributed by atoms with Gasteiger partial charge in [-0.3, -0.25) is 4.79 Å². The molecule has 1 atom stereocenters. The highest BCUT2D eigenvalue weighted by Gasteiger charge is 2.27. The van der Waals surface area contributed by atoms with Gasteiger partial charge >= 0.3 is 0 Å². The molecule has 0 saturated heterocycles. The van der Waals surface area contributed by atoms with Gasteiger partial charge in [0.25, 0.3) is 5.91 Å². The molecule has 0 aliphatic carbocycles. The third-order valence-electron chi connectivity index (χ3n) is 2.03. The summed E-state index contributed by atoms with van der Waals surface area (Å²) in [7, 11) is 0. The van der Waals surface area contributed by atoms with Gasteiger partial charge in [-0.1, -0.05) is 13.8 Å². The summed E-state index contributed by atoms with van der Waals surface area (Å²) in [6.45, 7) is 4.15. The van der Waals surface area contributed by atoms with Gasteiger partial charge in [0.15, 0.2) is 5.96 Å². The van der Waals surface area contributed by atoms with Crippen LogP contribution in [0.15, 0.2) is 9.98 Å². The van der Waals surface area contributed by atoms with Crippen LogP contribution in [-0.2, 0) is 4.79 Å². The second-order valence-electron chi connectivity index (χ2n) is 3.93. The van der Waals surface area contributed by atoms with Gasteiger partial charge in [-0.05, 0) is 12.3 Å². The van der Waals surface area contributed by atoms with E-state index in [4.69, 9.17) is 11.5 Å². The van der Waals surface area contributed by atoms with E-state index >= 15 is 0 Å². The van der Waals surface area contributed by atoms with E-state index in [-0.39, 0.29) is 17.8 Å². The standard InChI is InChI=1S/C9H16N4O/c1-5(2)3-6-4-7(12-8(6)14)13-9(10)11/h5-6H,3-4H2,1-2H3,(H4,10,11,12,13,14)/t6-/m0/s1. The number of nitrogens with zero attached hydrogens (tertiary/aromatic N) is 2. The molecule has 1 heterocycles. The van der Waals surface area contributed by atoms with Gasteiger partial charge in [-0.25, -0.2) is 4.99 Å². The highest BCUT2D eigenvalue weighted by molar-refractivity contribution is 6.06. The molecular formula is C9H16N4O. The van der Waals surface area contributed by atoms with Crippen molar-refractivity contribution in [3.05, 3.63) is 0 Å². The van der Waals surface area contributed by atoms with Crippen LogP contribution < -0.4 is 11.5 Å². The number of amides is 1. The molecule has 0 aromatic rings. The van der Waals surface area contributed by atoms with Gasteiger partial charge in [0.1, 0.15) is 5.84 Å². The molecule has 0 fully saturated rings. The highest BCUT2D eigenvalue weighted by atomic mass is 16.1. The van der Waals surface area contributed by atoms with Crippen LogP contribution in [0, 0.1) is 11.8 Å². The minimum absolute atomic E-state index is 0.0342. The molecular weight excluding hydrogens is 180 g/mol. The van der Waals surface area contributed by atoms with Crippen molar-refractivity contribution in [2.75, 3.05) is 0 Å². The first kappa shape index (κ1) is 10.7. The first-order chi connectivity index (χ1) is 6.49. The van der Waals surface area contributed by atoms with Crippen LogP contribution in [0.4, 0.5) is 0 Å². The van der Waals surface area contributed by atoms with E-state index in [0.717, 1.165) is 6.42 Å². The summed E-state index contributed by atoms with van der Waals surface area (Å²) in [6, 6.07) is 0. The summed E-state index contributed by atoms with van der Waals surface area (Å²) in [5.74, 6) is 0.770. The maximum Gasteiger partial charge on any atom is 0.250 e. The van der Waals surface area contributed by atoms with Crippen molar-refractivity contribution in [1.29, 1.82) is 0 Å². The first-order valence-corrected chi connectivity index (χ1v) is 4.70. The number of guanidine groups is 1. The summed E-state index contributed by atoms with van der Waals surface area (Å²) in [5, 5.41) is 0. The number of hydrogen-bond donors (Lipinski definition) is 2. The Kier molecular flexibility index (Phi) is 3.22. The zero-order valence-corrected chi connectivity index (χ0v) is 8.53. The highest BCUT2D eigenvalue weighted by Crippen LogP contribution is 2.23. The minimum atomic E-state index is -0.0984. The zero-order valence-electron chi connectivity index (χ0n) is 8.53. The Morgan fingerprint density at radius 1 is 1.64 bits per heavy atom. The van der Waals surface area contributed by atoms with Crippen molar-refractivity contribution in [3.63, 3.8) is 0 Å². The minimum Gasteiger partial charge on any atom is -0.370 e. The van der Waals surface area contributed by atoms with E-state index in [2.05, 4.69) is 23.8 Å². The van der Waals surface area contributed by atoms with Crippen LogP contribution in [-0.4, -0.2) is 17.7 Å². The molecule has 0 radical (unpaired) electrons. The van der Waals surface area contributed by atoms with Gasteiger partial charge in [-0.15, -0.1) is 0 Å². The number of carbonyl (C=O) groups is 1. The van der Waals surface area contributed by atoms with Crippen LogP contribution in [0.5, 0.6) is 0 Å². The molecule has 5 nitrogen and oxygen atoms in total. The van der Waals surface area contributed by atoms with Gasteiger partial charge in [0, 0.05) is 12.3 Å². The smallest absolute Gasteiger partial charge is 0.250 e. The molecule has 5 heteroatoms. The number of hydrogen-bond acceptors (Lipinski definition) is 2. The predicted octanol–water partition coefficient (Wildman–Crippen LogP) is 0.251. The van der Waals surface area contributed by atoms with Crippen molar-refractivity contribution < 1.29 is 4.79 Å². The number of rotatable bonds is 2. The van der Waals surface area contributed by atoms with Crippen molar-refractivity contribution in [2.45, 2.75) is 26.7 Å². The Labute approximate surface area is 83.3 Å². The molecule has 0 aromatic heterocycles. The molecule has 1 aliphatic heterocycles. The molecule has 0 unspecified atom stereocenters. The Balaban J connectivity index is 2.60.